The van der Waals surface area contributed by atoms with Gasteiger partial charge in [0.2, 0.25) is 0 Å². The second-order valence-corrected chi connectivity index (χ2v) is 8.23. The predicted octanol–water partition coefficient (Wildman–Crippen LogP) is 6.97. The van der Waals surface area contributed by atoms with Crippen LogP contribution < -0.4 is 9.47 Å². The van der Waals surface area contributed by atoms with Crippen molar-refractivity contribution in [3.05, 3.63) is 95.6 Å². The van der Waals surface area contributed by atoms with Gasteiger partial charge in [-0.2, -0.15) is 0 Å². The molecule has 0 unspecified atom stereocenters. The summed E-state index contributed by atoms with van der Waals surface area (Å²) in [6.45, 7) is 2.56. The van der Waals surface area contributed by atoms with Gasteiger partial charge >= 0.3 is 0 Å². The summed E-state index contributed by atoms with van der Waals surface area (Å²) in [6, 6.07) is 26.6. The number of hydrogen-bond acceptors (Lipinski definition) is 3. The molecule has 0 bridgehead atoms. The number of benzene rings is 3. The summed E-state index contributed by atoms with van der Waals surface area (Å²) in [7, 11) is 0. The largest absolute Gasteiger partial charge is 0.485 e. The van der Waals surface area contributed by atoms with E-state index in [0.717, 1.165) is 54.0 Å². The lowest BCUT2D eigenvalue weighted by Crippen LogP contribution is -2.03. The Kier molecular flexibility index (Phi) is 10.5. The van der Waals surface area contributed by atoms with Crippen molar-refractivity contribution in [2.75, 3.05) is 18.5 Å². The van der Waals surface area contributed by atoms with Gasteiger partial charge < -0.3 is 14.2 Å². The quantitative estimate of drug-likeness (QED) is 0.183. The fraction of sp³-hybridized carbons (Fsp3) is 0.333. The van der Waals surface area contributed by atoms with Crippen LogP contribution in [0.4, 0.5) is 0 Å². The van der Waals surface area contributed by atoms with Gasteiger partial charge in [-0.1, -0.05) is 89.1 Å². The summed E-state index contributed by atoms with van der Waals surface area (Å²) in [5.41, 5.74) is 3.46. The van der Waals surface area contributed by atoms with Crippen LogP contribution in [-0.2, 0) is 24.4 Å². The monoisotopic (exact) mass is 482 g/mol. The first-order valence-corrected chi connectivity index (χ1v) is 12.1. The molecule has 0 spiro atoms. The normalized spacial score (nSPS) is 10.7. The molecule has 0 saturated heterocycles. The van der Waals surface area contributed by atoms with Gasteiger partial charge in [0.05, 0.1) is 6.61 Å². The first kappa shape index (κ1) is 23.4. The highest BCUT2D eigenvalue weighted by Gasteiger charge is 2.08. The van der Waals surface area contributed by atoms with Crippen LogP contribution in [0.25, 0.3) is 0 Å². The van der Waals surface area contributed by atoms with E-state index < -0.39 is 0 Å². The molecule has 0 radical (unpaired) electrons. The Morgan fingerprint density at radius 1 is 0.581 bits per heavy atom. The van der Waals surface area contributed by atoms with Crippen molar-refractivity contribution in [1.29, 1.82) is 0 Å². The van der Waals surface area contributed by atoms with E-state index >= 15 is 0 Å². The highest BCUT2D eigenvalue weighted by Crippen LogP contribution is 2.30. The maximum absolute atomic E-state index is 6.15. The Bertz CT molecular complexity index is 868. The number of hydrogen-bond donors (Lipinski definition) is 0. The minimum absolute atomic E-state index is 0.510. The van der Waals surface area contributed by atoms with E-state index in [9.17, 15) is 0 Å². The highest BCUT2D eigenvalue weighted by molar-refractivity contribution is 9.09. The van der Waals surface area contributed by atoms with Gasteiger partial charge in [-0.05, 0) is 48.1 Å². The van der Waals surface area contributed by atoms with Crippen LogP contribution in [0.2, 0.25) is 0 Å². The van der Waals surface area contributed by atoms with Gasteiger partial charge in [0.1, 0.15) is 13.2 Å². The number of rotatable bonds is 14. The maximum atomic E-state index is 6.15. The van der Waals surface area contributed by atoms with Crippen molar-refractivity contribution in [3.8, 4) is 11.5 Å². The van der Waals surface area contributed by atoms with Crippen molar-refractivity contribution in [2.24, 2.45) is 0 Å². The third-order valence-corrected chi connectivity index (χ3v) is 5.50. The molecular formula is C27H31BrO3. The first-order chi connectivity index (χ1) is 15.3. The minimum Gasteiger partial charge on any atom is -0.485 e. The van der Waals surface area contributed by atoms with E-state index in [4.69, 9.17) is 14.2 Å². The van der Waals surface area contributed by atoms with Gasteiger partial charge in [-0.25, -0.2) is 0 Å². The predicted molar refractivity (Wildman–Crippen MR) is 130 cm³/mol. The molecule has 31 heavy (non-hydrogen) atoms. The van der Waals surface area contributed by atoms with E-state index in [2.05, 4.69) is 52.3 Å². The summed E-state index contributed by atoms with van der Waals surface area (Å²) in [4.78, 5) is 0. The molecule has 0 aliphatic heterocycles. The van der Waals surface area contributed by atoms with E-state index in [1.54, 1.807) is 0 Å². The molecule has 3 aromatic rings. The van der Waals surface area contributed by atoms with Gasteiger partial charge in [-0.3, -0.25) is 0 Å². The smallest absolute Gasteiger partial charge is 0.161 e. The summed E-state index contributed by atoms with van der Waals surface area (Å²) >= 11 is 3.46. The van der Waals surface area contributed by atoms with Crippen molar-refractivity contribution in [2.45, 2.75) is 38.9 Å². The van der Waals surface area contributed by atoms with Gasteiger partial charge in [0.25, 0.3) is 0 Å². The molecule has 0 amide bonds. The topological polar surface area (TPSA) is 27.7 Å². The lowest BCUT2D eigenvalue weighted by Gasteiger charge is -2.15. The Morgan fingerprint density at radius 2 is 1.23 bits per heavy atom. The number of ether oxygens (including phenoxy) is 3. The first-order valence-electron chi connectivity index (χ1n) is 11.0. The fourth-order valence-electron chi connectivity index (χ4n) is 3.18. The second kappa shape index (κ2) is 13.9. The standard InChI is InChI=1S/C27H31BrO3/c28-17-8-3-9-18-29-19-16-23-14-15-26(30-21-24-10-4-1-5-11-24)27(20-23)31-22-25-12-6-2-7-13-25/h1-2,4-7,10-15,20H,3,8-9,16-19,21-22H2. The molecule has 164 valence electrons. The summed E-state index contributed by atoms with van der Waals surface area (Å²) < 4.78 is 18.0. The molecule has 3 rings (SSSR count). The SMILES string of the molecule is BrCCCCCOCCc1ccc(OCc2ccccc2)c(OCc2ccccc2)c1. The molecule has 0 aromatic heterocycles. The molecule has 0 N–H and O–H groups in total. The zero-order valence-corrected chi connectivity index (χ0v) is 19.6. The zero-order valence-electron chi connectivity index (χ0n) is 18.0. The Balaban J connectivity index is 1.58. The van der Waals surface area contributed by atoms with Crippen LogP contribution in [-0.4, -0.2) is 18.5 Å². The van der Waals surface area contributed by atoms with Crippen LogP contribution in [0.15, 0.2) is 78.9 Å². The van der Waals surface area contributed by atoms with Gasteiger partial charge in [-0.15, -0.1) is 0 Å². The van der Waals surface area contributed by atoms with Crippen molar-refractivity contribution < 1.29 is 14.2 Å². The Hall–Kier alpha value is -2.30. The molecule has 0 atom stereocenters. The lowest BCUT2D eigenvalue weighted by atomic mass is 10.1. The van der Waals surface area contributed by atoms with Crippen LogP contribution in [0, 0.1) is 0 Å². The molecule has 0 fully saturated rings. The van der Waals surface area contributed by atoms with E-state index in [1.165, 1.54) is 18.4 Å². The van der Waals surface area contributed by atoms with Crippen LogP contribution in [0.5, 0.6) is 11.5 Å². The Morgan fingerprint density at radius 3 is 1.87 bits per heavy atom. The third-order valence-electron chi connectivity index (χ3n) is 4.94. The fourth-order valence-corrected chi connectivity index (χ4v) is 3.57. The van der Waals surface area contributed by atoms with Gasteiger partial charge in [0.15, 0.2) is 11.5 Å². The molecule has 0 aliphatic carbocycles. The number of unbranched alkanes of at least 4 members (excludes halogenated alkanes) is 2. The zero-order chi connectivity index (χ0) is 21.6. The highest BCUT2D eigenvalue weighted by atomic mass is 79.9. The molecule has 3 aromatic carbocycles. The lowest BCUT2D eigenvalue weighted by molar-refractivity contribution is 0.133. The van der Waals surface area contributed by atoms with Gasteiger partial charge in [0, 0.05) is 11.9 Å². The van der Waals surface area contributed by atoms with Crippen molar-refractivity contribution in [3.63, 3.8) is 0 Å². The molecule has 4 heteroatoms. The van der Waals surface area contributed by atoms with Crippen LogP contribution >= 0.6 is 15.9 Å². The third kappa shape index (κ3) is 8.76. The van der Waals surface area contributed by atoms with Crippen molar-refractivity contribution in [1.82, 2.24) is 0 Å². The number of halogens is 1. The average molecular weight is 483 g/mol. The van der Waals surface area contributed by atoms with E-state index in [-0.39, 0.29) is 0 Å². The molecule has 3 nitrogen and oxygen atoms in total. The van der Waals surface area contributed by atoms with Crippen molar-refractivity contribution >= 4 is 15.9 Å². The van der Waals surface area contributed by atoms with E-state index in [0.29, 0.717) is 13.2 Å². The Labute approximate surface area is 194 Å². The molecule has 0 saturated carbocycles. The summed E-state index contributed by atoms with van der Waals surface area (Å²) in [6.07, 6.45) is 4.38. The molecule has 0 aliphatic rings. The minimum atomic E-state index is 0.510. The van der Waals surface area contributed by atoms with Crippen LogP contribution in [0.3, 0.4) is 0 Å². The van der Waals surface area contributed by atoms with Crippen LogP contribution in [0.1, 0.15) is 36.0 Å². The average Bonchev–Trinajstić information content (AvgIpc) is 2.83. The van der Waals surface area contributed by atoms with E-state index in [1.807, 2.05) is 42.5 Å². The number of alkyl halides is 1. The second-order valence-electron chi connectivity index (χ2n) is 7.44. The molecule has 0 heterocycles. The summed E-state index contributed by atoms with van der Waals surface area (Å²) in [5.74, 6) is 1.54. The maximum Gasteiger partial charge on any atom is 0.161 e. The molecular weight excluding hydrogens is 452 g/mol. The summed E-state index contributed by atoms with van der Waals surface area (Å²) in [5, 5.41) is 1.07.